The number of anilines is 1. The second kappa shape index (κ2) is 8.08. The Balaban J connectivity index is 1.81. The highest BCUT2D eigenvalue weighted by Gasteiger charge is 2.24. The van der Waals surface area contributed by atoms with Crippen molar-refractivity contribution < 1.29 is 14.0 Å². The predicted molar refractivity (Wildman–Crippen MR) is 120 cm³/mol. The maximum atomic E-state index is 13.5. The number of nitrogen functional groups attached to an aromatic ring is 1. The van der Waals surface area contributed by atoms with Gasteiger partial charge in [-0.1, -0.05) is 17.7 Å². The Morgan fingerprint density at radius 1 is 1.19 bits per heavy atom. The molecular weight excluding hydrogens is 435 g/mol. The molecule has 8 nitrogen and oxygen atoms in total. The first kappa shape index (κ1) is 21.5. The monoisotopic (exact) mass is 454 g/mol. The van der Waals surface area contributed by atoms with Crippen LogP contribution in [0.2, 0.25) is 5.02 Å². The van der Waals surface area contributed by atoms with Crippen molar-refractivity contribution in [2.24, 2.45) is 7.05 Å². The molecule has 2 heterocycles. The van der Waals surface area contributed by atoms with Crippen molar-refractivity contribution in [3.8, 4) is 0 Å². The fourth-order valence-corrected chi connectivity index (χ4v) is 3.76. The number of hydrogen-bond donors (Lipinski definition) is 1. The highest BCUT2D eigenvalue weighted by atomic mass is 35.5. The molecular formula is C22H20ClFN6O2. The number of benzene rings is 2. The van der Waals surface area contributed by atoms with E-state index >= 15 is 0 Å². The minimum atomic E-state index is -0.488. The normalized spacial score (nSPS) is 11.2. The fraction of sp³-hybridized carbons (Fsp3) is 0.182. The first-order valence-corrected chi connectivity index (χ1v) is 10.1. The van der Waals surface area contributed by atoms with Crippen LogP contribution in [0.3, 0.4) is 0 Å². The number of pyridine rings is 1. The largest absolute Gasteiger partial charge is 0.383 e. The highest BCUT2D eigenvalue weighted by Crippen LogP contribution is 2.29. The summed E-state index contributed by atoms with van der Waals surface area (Å²) < 4.78 is 15.1. The minimum Gasteiger partial charge on any atom is -0.383 e. The molecule has 0 aliphatic heterocycles. The summed E-state index contributed by atoms with van der Waals surface area (Å²) in [6, 6.07) is 8.91. The topological polar surface area (TPSA) is 97.3 Å². The summed E-state index contributed by atoms with van der Waals surface area (Å²) >= 11 is 6.16. The Morgan fingerprint density at radius 2 is 1.94 bits per heavy atom. The number of fused-ring (bicyclic) bond motifs is 3. The number of hydrazine groups is 1. The van der Waals surface area contributed by atoms with E-state index < -0.39 is 11.7 Å². The van der Waals surface area contributed by atoms with Gasteiger partial charge in [0.15, 0.2) is 0 Å². The lowest BCUT2D eigenvalue weighted by Crippen LogP contribution is -2.46. The molecule has 2 aromatic carbocycles. The SMILES string of the molecule is CC(=O)N(C)N(Cc1ccc(F)cc1Cl)C(=O)c1ccc2nc(N)c3cnn(C)c3c2c1. The summed E-state index contributed by atoms with van der Waals surface area (Å²) in [6.45, 7) is 1.33. The predicted octanol–water partition coefficient (Wildman–Crippen LogP) is 3.53. The molecule has 0 spiro atoms. The summed E-state index contributed by atoms with van der Waals surface area (Å²) in [5, 5.41) is 8.24. The van der Waals surface area contributed by atoms with Gasteiger partial charge in [-0.2, -0.15) is 5.10 Å². The van der Waals surface area contributed by atoms with Crippen molar-refractivity contribution in [3.05, 3.63) is 64.6 Å². The van der Waals surface area contributed by atoms with E-state index in [2.05, 4.69) is 10.1 Å². The average Bonchev–Trinajstić information content (AvgIpc) is 3.14. The molecule has 32 heavy (non-hydrogen) atoms. The maximum Gasteiger partial charge on any atom is 0.272 e. The molecule has 0 radical (unpaired) electrons. The number of aromatic nitrogens is 3. The van der Waals surface area contributed by atoms with E-state index in [1.165, 1.54) is 42.2 Å². The number of rotatable bonds is 3. The third kappa shape index (κ3) is 3.71. The molecule has 0 saturated heterocycles. The van der Waals surface area contributed by atoms with Crippen molar-refractivity contribution in [2.75, 3.05) is 12.8 Å². The summed E-state index contributed by atoms with van der Waals surface area (Å²) in [7, 11) is 3.27. The van der Waals surface area contributed by atoms with Gasteiger partial charge in [-0.25, -0.2) is 14.4 Å². The zero-order valence-electron chi connectivity index (χ0n) is 17.6. The summed E-state index contributed by atoms with van der Waals surface area (Å²) in [5.74, 6) is -0.917. The van der Waals surface area contributed by atoms with Gasteiger partial charge in [0.25, 0.3) is 5.91 Å². The zero-order chi connectivity index (χ0) is 23.2. The van der Waals surface area contributed by atoms with Gasteiger partial charge < -0.3 is 5.73 Å². The number of nitrogens with zero attached hydrogens (tertiary/aromatic N) is 5. The van der Waals surface area contributed by atoms with Crippen molar-refractivity contribution in [3.63, 3.8) is 0 Å². The van der Waals surface area contributed by atoms with Crippen molar-refractivity contribution in [2.45, 2.75) is 13.5 Å². The van der Waals surface area contributed by atoms with Gasteiger partial charge in [0.05, 0.1) is 29.2 Å². The van der Waals surface area contributed by atoms with Crippen LogP contribution >= 0.6 is 11.6 Å². The number of carbonyl (C=O) groups is 2. The number of carbonyl (C=O) groups excluding carboxylic acids is 2. The summed E-state index contributed by atoms with van der Waals surface area (Å²) in [5.41, 5.74) is 8.23. The van der Waals surface area contributed by atoms with Crippen LogP contribution in [0.4, 0.5) is 10.2 Å². The Bertz CT molecular complexity index is 1390. The molecule has 2 amide bonds. The Labute approximate surface area is 187 Å². The van der Waals surface area contributed by atoms with E-state index in [1.807, 2.05) is 0 Å². The fourth-order valence-electron chi connectivity index (χ4n) is 3.53. The second-order valence-electron chi connectivity index (χ2n) is 7.40. The smallest absolute Gasteiger partial charge is 0.272 e. The van der Waals surface area contributed by atoms with Gasteiger partial charge in [0, 0.05) is 37.0 Å². The lowest BCUT2D eigenvalue weighted by atomic mass is 10.1. The Morgan fingerprint density at radius 3 is 2.62 bits per heavy atom. The molecule has 0 saturated carbocycles. The summed E-state index contributed by atoms with van der Waals surface area (Å²) in [6.07, 6.45) is 1.62. The van der Waals surface area contributed by atoms with Gasteiger partial charge in [-0.3, -0.25) is 19.3 Å². The maximum absolute atomic E-state index is 13.5. The van der Waals surface area contributed by atoms with Gasteiger partial charge >= 0.3 is 0 Å². The number of halogens is 2. The number of hydrogen-bond acceptors (Lipinski definition) is 5. The van der Waals surface area contributed by atoms with E-state index in [0.29, 0.717) is 33.2 Å². The lowest BCUT2D eigenvalue weighted by Gasteiger charge is -2.31. The number of aryl methyl sites for hydroxylation is 1. The van der Waals surface area contributed by atoms with Crippen LogP contribution in [0.5, 0.6) is 0 Å². The third-order valence-corrected chi connectivity index (χ3v) is 5.69. The van der Waals surface area contributed by atoms with Gasteiger partial charge in [0.2, 0.25) is 5.91 Å². The second-order valence-corrected chi connectivity index (χ2v) is 7.81. The highest BCUT2D eigenvalue weighted by molar-refractivity contribution is 6.31. The van der Waals surface area contributed by atoms with Crippen LogP contribution in [0.15, 0.2) is 42.6 Å². The van der Waals surface area contributed by atoms with Gasteiger partial charge in [-0.15, -0.1) is 0 Å². The van der Waals surface area contributed by atoms with Crippen molar-refractivity contribution >= 4 is 51.0 Å². The number of amides is 2. The van der Waals surface area contributed by atoms with E-state index in [1.54, 1.807) is 36.1 Å². The first-order chi connectivity index (χ1) is 15.2. The van der Waals surface area contributed by atoms with Crippen LogP contribution in [0.1, 0.15) is 22.8 Å². The molecule has 2 N–H and O–H groups in total. The van der Waals surface area contributed by atoms with E-state index in [-0.39, 0.29) is 17.5 Å². The molecule has 0 aliphatic rings. The quantitative estimate of drug-likeness (QED) is 0.477. The molecule has 0 atom stereocenters. The zero-order valence-corrected chi connectivity index (χ0v) is 18.4. The van der Waals surface area contributed by atoms with Crippen LogP contribution in [0, 0.1) is 5.82 Å². The summed E-state index contributed by atoms with van der Waals surface area (Å²) in [4.78, 5) is 30.0. The molecule has 0 aliphatic carbocycles. The number of nitrogens with two attached hydrogens (primary N) is 1. The van der Waals surface area contributed by atoms with E-state index in [0.717, 1.165) is 5.52 Å². The van der Waals surface area contributed by atoms with Crippen LogP contribution in [-0.4, -0.2) is 43.6 Å². The molecule has 4 rings (SSSR count). The Kier molecular flexibility index (Phi) is 5.43. The molecule has 4 aromatic rings. The Hall–Kier alpha value is -3.72. The van der Waals surface area contributed by atoms with E-state index in [4.69, 9.17) is 17.3 Å². The standard InChI is InChI=1S/C22H20ClFN6O2/c1-12(31)29(3)30(11-14-4-6-15(24)9-18(14)23)22(32)13-5-7-19-16(8-13)20-17(21(25)27-19)10-26-28(20)2/h4-10H,11H2,1-3H3,(H2,25,27). The average molecular weight is 455 g/mol. The molecule has 164 valence electrons. The molecule has 2 aromatic heterocycles. The van der Waals surface area contributed by atoms with Crippen molar-refractivity contribution in [1.29, 1.82) is 0 Å². The van der Waals surface area contributed by atoms with Crippen LogP contribution in [0.25, 0.3) is 21.8 Å². The molecule has 0 bridgehead atoms. The minimum absolute atomic E-state index is 0.0207. The van der Waals surface area contributed by atoms with Crippen LogP contribution in [-0.2, 0) is 18.4 Å². The molecule has 0 unspecified atom stereocenters. The van der Waals surface area contributed by atoms with Crippen molar-refractivity contribution in [1.82, 2.24) is 24.8 Å². The molecule has 10 heteroatoms. The van der Waals surface area contributed by atoms with E-state index in [9.17, 15) is 14.0 Å². The van der Waals surface area contributed by atoms with Gasteiger partial charge in [0.1, 0.15) is 11.6 Å². The first-order valence-electron chi connectivity index (χ1n) is 9.68. The van der Waals surface area contributed by atoms with Gasteiger partial charge in [-0.05, 0) is 35.9 Å². The lowest BCUT2D eigenvalue weighted by molar-refractivity contribution is -0.140. The third-order valence-electron chi connectivity index (χ3n) is 5.34. The molecule has 0 fully saturated rings. The van der Waals surface area contributed by atoms with Crippen LogP contribution < -0.4 is 5.73 Å².